The molecule has 1 atom stereocenters. The number of carbonyl (C=O) groups is 1. The molecular weight excluding hydrogens is 396 g/mol. The molecule has 2 aliphatic rings. The first-order chi connectivity index (χ1) is 14.0. The number of amides is 1. The molecule has 4 nitrogen and oxygen atoms in total. The van der Waals surface area contributed by atoms with E-state index in [1.165, 1.54) is 12.1 Å². The third-order valence-electron chi connectivity index (χ3n) is 6.28. The second kappa shape index (κ2) is 8.01. The highest BCUT2D eigenvalue weighted by Crippen LogP contribution is 2.52. The smallest absolute Gasteiger partial charge is 0.261 e. The molecule has 2 heterocycles. The number of hydrogen-bond acceptors (Lipinski definition) is 3. The maximum atomic E-state index is 14.5. The van der Waals surface area contributed by atoms with Crippen LogP contribution < -0.4 is 16.0 Å². The van der Waals surface area contributed by atoms with Crippen LogP contribution in [0.25, 0.3) is 0 Å². The van der Waals surface area contributed by atoms with Gasteiger partial charge in [0.25, 0.3) is 5.91 Å². The summed E-state index contributed by atoms with van der Waals surface area (Å²) >= 11 is 6.32. The van der Waals surface area contributed by atoms with Crippen LogP contribution in [0.1, 0.15) is 41.6 Å². The minimum Gasteiger partial charge on any atom is -0.330 e. The third-order valence-corrected chi connectivity index (χ3v) is 6.52. The van der Waals surface area contributed by atoms with Crippen molar-refractivity contribution in [3.63, 3.8) is 0 Å². The van der Waals surface area contributed by atoms with Crippen LogP contribution in [0.3, 0.4) is 0 Å². The quantitative estimate of drug-likeness (QED) is 0.787. The van der Waals surface area contributed by atoms with Crippen molar-refractivity contribution in [2.24, 2.45) is 5.73 Å². The van der Waals surface area contributed by atoms with Crippen molar-refractivity contribution in [3.8, 4) is 0 Å². The molecule has 1 spiro atoms. The van der Waals surface area contributed by atoms with Crippen molar-refractivity contribution >= 4 is 23.2 Å². The van der Waals surface area contributed by atoms with Crippen LogP contribution in [-0.4, -0.2) is 31.6 Å². The number of fused-ring (bicyclic) bond motifs is 2. The van der Waals surface area contributed by atoms with E-state index in [1.807, 2.05) is 12.1 Å². The van der Waals surface area contributed by atoms with Gasteiger partial charge in [0.1, 0.15) is 0 Å². The molecule has 2 aromatic carbocycles. The molecule has 0 saturated carbocycles. The summed E-state index contributed by atoms with van der Waals surface area (Å²) in [5.41, 5.74) is 6.99. The number of piperidine rings is 1. The van der Waals surface area contributed by atoms with E-state index in [1.54, 1.807) is 11.0 Å². The Morgan fingerprint density at radius 2 is 2.00 bits per heavy atom. The van der Waals surface area contributed by atoms with E-state index in [4.69, 9.17) is 17.3 Å². The maximum absolute atomic E-state index is 14.5. The zero-order chi connectivity index (χ0) is 20.6. The number of rotatable bonds is 4. The standard InChI is InChI=1S/C22H24ClF2N3O/c23-14-6-7-18-16(13-14)22(8-11-27-12-9-22)19(5-2-10-26)28(18)21(29)15-3-1-4-17(24)20(15)25/h1,3-4,6-7,13,19,27H,2,5,8-12,26H2/t19-/m1/s1. The fraction of sp³-hybridized carbons (Fsp3) is 0.409. The Balaban J connectivity index is 1.87. The first-order valence-corrected chi connectivity index (χ1v) is 10.4. The summed E-state index contributed by atoms with van der Waals surface area (Å²) in [7, 11) is 0. The van der Waals surface area contributed by atoms with E-state index in [0.717, 1.165) is 49.7 Å². The normalized spacial score (nSPS) is 20.1. The monoisotopic (exact) mass is 419 g/mol. The highest BCUT2D eigenvalue weighted by Gasteiger charge is 2.53. The Kier molecular flexibility index (Phi) is 5.60. The van der Waals surface area contributed by atoms with E-state index < -0.39 is 17.5 Å². The van der Waals surface area contributed by atoms with Gasteiger partial charge in [0, 0.05) is 22.2 Å². The van der Waals surface area contributed by atoms with Crippen LogP contribution in [0.4, 0.5) is 14.5 Å². The van der Waals surface area contributed by atoms with Gasteiger partial charge < -0.3 is 16.0 Å². The summed E-state index contributed by atoms with van der Waals surface area (Å²) in [5.74, 6) is -2.67. The van der Waals surface area contributed by atoms with Crippen molar-refractivity contribution in [2.45, 2.75) is 37.1 Å². The molecule has 1 saturated heterocycles. The largest absolute Gasteiger partial charge is 0.330 e. The summed E-state index contributed by atoms with van der Waals surface area (Å²) < 4.78 is 28.3. The van der Waals surface area contributed by atoms with Gasteiger partial charge in [0.15, 0.2) is 11.6 Å². The number of anilines is 1. The molecule has 0 radical (unpaired) electrons. The summed E-state index contributed by atoms with van der Waals surface area (Å²) in [6, 6.07) is 9.01. The number of nitrogens with one attached hydrogen (secondary N) is 1. The van der Waals surface area contributed by atoms with Crippen molar-refractivity contribution in [2.75, 3.05) is 24.5 Å². The summed E-state index contributed by atoms with van der Waals surface area (Å²) in [6.45, 7) is 2.14. The van der Waals surface area contributed by atoms with Crippen molar-refractivity contribution < 1.29 is 13.6 Å². The number of hydrogen-bond donors (Lipinski definition) is 2. The number of carbonyl (C=O) groups excluding carboxylic acids is 1. The first-order valence-electron chi connectivity index (χ1n) is 9.98. The number of benzene rings is 2. The molecular formula is C22H24ClF2N3O. The fourth-order valence-corrected chi connectivity index (χ4v) is 5.13. The molecule has 0 bridgehead atoms. The molecule has 0 unspecified atom stereocenters. The topological polar surface area (TPSA) is 58.4 Å². The summed E-state index contributed by atoms with van der Waals surface area (Å²) in [6.07, 6.45) is 3.10. The van der Waals surface area contributed by atoms with Crippen LogP contribution >= 0.6 is 11.6 Å². The molecule has 4 rings (SSSR count). The van der Waals surface area contributed by atoms with Gasteiger partial charge >= 0.3 is 0 Å². The molecule has 0 aliphatic carbocycles. The molecule has 3 N–H and O–H groups in total. The van der Waals surface area contributed by atoms with E-state index >= 15 is 0 Å². The zero-order valence-electron chi connectivity index (χ0n) is 16.1. The molecule has 1 fully saturated rings. The summed E-state index contributed by atoms with van der Waals surface area (Å²) in [4.78, 5) is 15.2. The van der Waals surface area contributed by atoms with Gasteiger partial charge in [-0.05, 0) is 81.2 Å². The zero-order valence-corrected chi connectivity index (χ0v) is 16.8. The van der Waals surface area contributed by atoms with Gasteiger partial charge in [-0.3, -0.25) is 4.79 Å². The van der Waals surface area contributed by atoms with Crippen LogP contribution in [0, 0.1) is 11.6 Å². The molecule has 154 valence electrons. The Hall–Kier alpha value is -2.02. The van der Waals surface area contributed by atoms with Gasteiger partial charge in [-0.25, -0.2) is 8.78 Å². The van der Waals surface area contributed by atoms with E-state index in [0.29, 0.717) is 18.0 Å². The van der Waals surface area contributed by atoms with Crippen LogP contribution in [0.2, 0.25) is 5.02 Å². The van der Waals surface area contributed by atoms with Gasteiger partial charge in [0.2, 0.25) is 0 Å². The Morgan fingerprint density at radius 3 is 2.72 bits per heavy atom. The second-order valence-corrected chi connectivity index (χ2v) is 8.23. The first kappa shape index (κ1) is 20.3. The SMILES string of the molecule is NCCC[C@H]1N(C(=O)c2cccc(F)c2F)c2ccc(Cl)cc2C12CCNCC2. The lowest BCUT2D eigenvalue weighted by atomic mass is 9.68. The van der Waals surface area contributed by atoms with Gasteiger partial charge in [0.05, 0.1) is 5.56 Å². The molecule has 1 amide bonds. The van der Waals surface area contributed by atoms with Crippen LogP contribution in [0.15, 0.2) is 36.4 Å². The second-order valence-electron chi connectivity index (χ2n) is 7.79. The van der Waals surface area contributed by atoms with Crippen molar-refractivity contribution in [1.29, 1.82) is 0 Å². The Labute approximate surface area is 174 Å². The predicted molar refractivity (Wildman–Crippen MR) is 110 cm³/mol. The van der Waals surface area contributed by atoms with Gasteiger partial charge in [-0.15, -0.1) is 0 Å². The maximum Gasteiger partial charge on any atom is 0.261 e. The Morgan fingerprint density at radius 1 is 1.24 bits per heavy atom. The average molecular weight is 420 g/mol. The van der Waals surface area contributed by atoms with Crippen LogP contribution in [-0.2, 0) is 5.41 Å². The minimum atomic E-state index is -1.11. The van der Waals surface area contributed by atoms with E-state index in [9.17, 15) is 13.6 Å². The highest BCUT2D eigenvalue weighted by atomic mass is 35.5. The highest BCUT2D eigenvalue weighted by molar-refractivity contribution is 6.30. The van der Waals surface area contributed by atoms with Crippen molar-refractivity contribution in [1.82, 2.24) is 5.32 Å². The molecule has 2 aliphatic heterocycles. The fourth-order valence-electron chi connectivity index (χ4n) is 4.95. The lowest BCUT2D eigenvalue weighted by molar-refractivity contribution is 0.0956. The van der Waals surface area contributed by atoms with Gasteiger partial charge in [-0.1, -0.05) is 17.7 Å². The van der Waals surface area contributed by atoms with E-state index in [-0.39, 0.29) is 17.0 Å². The van der Waals surface area contributed by atoms with Gasteiger partial charge in [-0.2, -0.15) is 0 Å². The lowest BCUT2D eigenvalue weighted by Crippen LogP contribution is -2.52. The summed E-state index contributed by atoms with van der Waals surface area (Å²) in [5, 5.41) is 3.98. The lowest BCUT2D eigenvalue weighted by Gasteiger charge is -2.42. The molecule has 2 aromatic rings. The predicted octanol–water partition coefficient (Wildman–Crippen LogP) is 4.01. The Bertz CT molecular complexity index is 930. The number of nitrogens with two attached hydrogens (primary N) is 1. The minimum absolute atomic E-state index is 0.184. The number of nitrogens with zero attached hydrogens (tertiary/aromatic N) is 1. The molecule has 0 aromatic heterocycles. The van der Waals surface area contributed by atoms with Crippen LogP contribution in [0.5, 0.6) is 0 Å². The molecule has 7 heteroatoms. The molecule has 29 heavy (non-hydrogen) atoms. The number of halogens is 3. The third kappa shape index (κ3) is 3.33. The average Bonchev–Trinajstić information content (AvgIpc) is 2.97. The van der Waals surface area contributed by atoms with E-state index in [2.05, 4.69) is 5.32 Å². The van der Waals surface area contributed by atoms with Crippen molar-refractivity contribution in [3.05, 3.63) is 64.2 Å².